The number of ether oxygens (including phenoxy) is 1. The summed E-state index contributed by atoms with van der Waals surface area (Å²) in [6.07, 6.45) is 2.82. The van der Waals surface area contributed by atoms with Crippen LogP contribution in [-0.4, -0.2) is 42.3 Å². The molecule has 8 heteroatoms. The van der Waals surface area contributed by atoms with Gasteiger partial charge in [0, 0.05) is 18.3 Å². The van der Waals surface area contributed by atoms with E-state index in [1.165, 1.54) is 0 Å². The summed E-state index contributed by atoms with van der Waals surface area (Å²) in [7, 11) is 0. The third kappa shape index (κ3) is 2.47. The van der Waals surface area contributed by atoms with Crippen LogP contribution in [0, 0.1) is 11.8 Å². The summed E-state index contributed by atoms with van der Waals surface area (Å²) < 4.78 is 6.55. The standard InChI is InChI=1S/C20H21N3O5/c24-14-4-3-11(17(25)22-14)13-9-10-1-2-12-15(19(27)23-18(12)26)16(10)28-20(13)5-7-21-8-6-20/h1-2,11,13,21H,3-9H2,(H,22,24,25)(H,23,26,27). The van der Waals surface area contributed by atoms with Crippen molar-refractivity contribution in [3.8, 4) is 5.75 Å². The van der Waals surface area contributed by atoms with E-state index in [1.807, 2.05) is 6.07 Å². The van der Waals surface area contributed by atoms with Crippen molar-refractivity contribution in [2.45, 2.75) is 37.7 Å². The third-order valence-electron chi connectivity index (χ3n) is 6.58. The number of benzene rings is 1. The second kappa shape index (κ2) is 6.13. The van der Waals surface area contributed by atoms with Gasteiger partial charge in [-0.15, -0.1) is 0 Å². The van der Waals surface area contributed by atoms with E-state index >= 15 is 0 Å². The highest BCUT2D eigenvalue weighted by Gasteiger charge is 2.52. The average molecular weight is 383 g/mol. The molecule has 3 N–H and O–H groups in total. The van der Waals surface area contributed by atoms with Crippen molar-refractivity contribution in [3.63, 3.8) is 0 Å². The number of imide groups is 2. The van der Waals surface area contributed by atoms with Crippen molar-refractivity contribution in [2.75, 3.05) is 13.1 Å². The van der Waals surface area contributed by atoms with Crippen LogP contribution in [0.2, 0.25) is 0 Å². The van der Waals surface area contributed by atoms with Crippen LogP contribution in [0.5, 0.6) is 5.75 Å². The molecule has 5 rings (SSSR count). The molecule has 4 aliphatic rings. The molecule has 2 saturated heterocycles. The highest BCUT2D eigenvalue weighted by molar-refractivity contribution is 6.23. The second-order valence-electron chi connectivity index (χ2n) is 8.04. The molecule has 146 valence electrons. The minimum atomic E-state index is -0.596. The van der Waals surface area contributed by atoms with Gasteiger partial charge < -0.3 is 10.1 Å². The maximum absolute atomic E-state index is 12.6. The molecule has 8 nitrogen and oxygen atoms in total. The molecule has 0 aliphatic carbocycles. The van der Waals surface area contributed by atoms with Crippen LogP contribution in [0.15, 0.2) is 12.1 Å². The highest BCUT2D eigenvalue weighted by atomic mass is 16.5. The Morgan fingerprint density at radius 1 is 1.00 bits per heavy atom. The predicted octanol–water partition coefficient (Wildman–Crippen LogP) is 0.296. The molecule has 0 aromatic heterocycles. The number of nitrogens with one attached hydrogen (secondary N) is 3. The number of amides is 4. The molecule has 1 aromatic rings. The summed E-state index contributed by atoms with van der Waals surface area (Å²) in [4.78, 5) is 48.6. The predicted molar refractivity (Wildman–Crippen MR) is 96.8 cm³/mol. The summed E-state index contributed by atoms with van der Waals surface area (Å²) in [6.45, 7) is 1.50. The van der Waals surface area contributed by atoms with Crippen LogP contribution in [0.4, 0.5) is 0 Å². The lowest BCUT2D eigenvalue weighted by Crippen LogP contribution is -2.59. The van der Waals surface area contributed by atoms with Crippen LogP contribution in [-0.2, 0) is 16.0 Å². The van der Waals surface area contributed by atoms with Gasteiger partial charge in [0.2, 0.25) is 11.8 Å². The Balaban J connectivity index is 1.59. The van der Waals surface area contributed by atoms with Crippen LogP contribution in [0.3, 0.4) is 0 Å². The largest absolute Gasteiger partial charge is 0.486 e. The van der Waals surface area contributed by atoms with Crippen molar-refractivity contribution in [2.24, 2.45) is 11.8 Å². The van der Waals surface area contributed by atoms with E-state index in [1.54, 1.807) is 6.07 Å². The maximum atomic E-state index is 12.6. The van der Waals surface area contributed by atoms with Gasteiger partial charge in [0.1, 0.15) is 11.4 Å². The summed E-state index contributed by atoms with van der Waals surface area (Å²) in [5.41, 5.74) is 0.888. The number of hydrogen-bond donors (Lipinski definition) is 3. The first-order valence-electron chi connectivity index (χ1n) is 9.73. The van der Waals surface area contributed by atoms with Gasteiger partial charge in [0.25, 0.3) is 11.8 Å². The Morgan fingerprint density at radius 2 is 1.79 bits per heavy atom. The monoisotopic (exact) mass is 383 g/mol. The lowest BCUT2D eigenvalue weighted by atomic mass is 9.66. The van der Waals surface area contributed by atoms with Gasteiger partial charge in [-0.2, -0.15) is 0 Å². The van der Waals surface area contributed by atoms with Gasteiger partial charge in [-0.1, -0.05) is 6.07 Å². The molecule has 2 atom stereocenters. The Morgan fingerprint density at radius 3 is 2.54 bits per heavy atom. The number of carbonyl (C=O) groups is 4. The van der Waals surface area contributed by atoms with Gasteiger partial charge in [-0.05, 0) is 50.4 Å². The van der Waals surface area contributed by atoms with E-state index in [0.717, 1.165) is 18.7 Å². The fraction of sp³-hybridized carbons (Fsp3) is 0.500. The van der Waals surface area contributed by atoms with Gasteiger partial charge in [-0.3, -0.25) is 29.8 Å². The van der Waals surface area contributed by atoms with Crippen LogP contribution in [0.1, 0.15) is 52.0 Å². The summed E-state index contributed by atoms with van der Waals surface area (Å²) in [5, 5.41) is 8.13. The van der Waals surface area contributed by atoms with Crippen molar-refractivity contribution >= 4 is 23.6 Å². The third-order valence-corrected chi connectivity index (χ3v) is 6.58. The summed E-state index contributed by atoms with van der Waals surface area (Å²) >= 11 is 0. The van der Waals surface area contributed by atoms with E-state index in [0.29, 0.717) is 49.0 Å². The van der Waals surface area contributed by atoms with E-state index in [2.05, 4.69) is 16.0 Å². The van der Waals surface area contributed by atoms with E-state index in [9.17, 15) is 19.2 Å². The molecule has 0 saturated carbocycles. The first kappa shape index (κ1) is 17.4. The van der Waals surface area contributed by atoms with E-state index < -0.39 is 17.4 Å². The Bertz CT molecular complexity index is 919. The first-order chi connectivity index (χ1) is 13.5. The zero-order chi connectivity index (χ0) is 19.5. The topological polar surface area (TPSA) is 114 Å². The lowest BCUT2D eigenvalue weighted by molar-refractivity contribution is -0.143. The van der Waals surface area contributed by atoms with Crippen molar-refractivity contribution in [1.82, 2.24) is 16.0 Å². The molecule has 28 heavy (non-hydrogen) atoms. The molecular formula is C20H21N3O5. The zero-order valence-electron chi connectivity index (χ0n) is 15.3. The van der Waals surface area contributed by atoms with E-state index in [4.69, 9.17) is 4.74 Å². The average Bonchev–Trinajstić information content (AvgIpc) is 2.96. The molecule has 1 aromatic carbocycles. The quantitative estimate of drug-likeness (QED) is 0.601. The van der Waals surface area contributed by atoms with Gasteiger partial charge in [0.15, 0.2) is 0 Å². The zero-order valence-corrected chi connectivity index (χ0v) is 15.3. The Kier molecular flexibility index (Phi) is 3.80. The van der Waals surface area contributed by atoms with Gasteiger partial charge in [0.05, 0.1) is 11.1 Å². The number of carbonyl (C=O) groups excluding carboxylic acids is 4. The fourth-order valence-electron chi connectivity index (χ4n) is 5.18. The minimum Gasteiger partial charge on any atom is -0.486 e. The Labute approximate surface area is 161 Å². The molecule has 4 aliphatic heterocycles. The van der Waals surface area contributed by atoms with Crippen molar-refractivity contribution in [3.05, 3.63) is 28.8 Å². The number of hydrogen-bond acceptors (Lipinski definition) is 6. The smallest absolute Gasteiger partial charge is 0.262 e. The van der Waals surface area contributed by atoms with Crippen LogP contribution in [0.25, 0.3) is 0 Å². The second-order valence-corrected chi connectivity index (χ2v) is 8.04. The number of fused-ring (bicyclic) bond motifs is 3. The summed E-state index contributed by atoms with van der Waals surface area (Å²) in [6, 6.07) is 3.47. The molecule has 1 spiro atoms. The molecule has 4 heterocycles. The van der Waals surface area contributed by atoms with Crippen LogP contribution >= 0.6 is 0 Å². The van der Waals surface area contributed by atoms with E-state index in [-0.39, 0.29) is 23.7 Å². The number of piperidine rings is 2. The van der Waals surface area contributed by atoms with Gasteiger partial charge in [-0.25, -0.2) is 0 Å². The molecule has 2 unspecified atom stereocenters. The molecule has 2 fully saturated rings. The normalized spacial score (nSPS) is 28.3. The first-order valence-corrected chi connectivity index (χ1v) is 9.73. The van der Waals surface area contributed by atoms with Crippen molar-refractivity contribution < 1.29 is 23.9 Å². The molecule has 0 bridgehead atoms. The van der Waals surface area contributed by atoms with Gasteiger partial charge >= 0.3 is 0 Å². The number of rotatable bonds is 1. The molecule has 4 amide bonds. The minimum absolute atomic E-state index is 0.0894. The van der Waals surface area contributed by atoms with Crippen molar-refractivity contribution in [1.29, 1.82) is 0 Å². The lowest BCUT2D eigenvalue weighted by Gasteiger charge is -2.50. The molecule has 0 radical (unpaired) electrons. The maximum Gasteiger partial charge on any atom is 0.262 e. The fourth-order valence-corrected chi connectivity index (χ4v) is 5.18. The highest BCUT2D eigenvalue weighted by Crippen LogP contribution is 2.48. The van der Waals surface area contributed by atoms with Crippen LogP contribution < -0.4 is 20.7 Å². The SMILES string of the molecule is O=C1CCC(C2Cc3ccc4c(c3OC23CCNCC3)C(=O)NC4=O)C(=O)N1. The molecular weight excluding hydrogens is 362 g/mol. The summed E-state index contributed by atoms with van der Waals surface area (Å²) in [5.74, 6) is -1.23. The Hall–Kier alpha value is -2.74.